The van der Waals surface area contributed by atoms with Gasteiger partial charge in [-0.15, -0.1) is 0 Å². The van der Waals surface area contributed by atoms with E-state index in [0.29, 0.717) is 18.4 Å². The number of amides is 1. The lowest BCUT2D eigenvalue weighted by Crippen LogP contribution is -2.31. The highest BCUT2D eigenvalue weighted by Crippen LogP contribution is 2.19. The summed E-state index contributed by atoms with van der Waals surface area (Å²) in [5, 5.41) is 7.15. The van der Waals surface area contributed by atoms with E-state index in [4.69, 9.17) is 5.73 Å². The van der Waals surface area contributed by atoms with Crippen molar-refractivity contribution in [3.8, 4) is 0 Å². The quantitative estimate of drug-likeness (QED) is 0.838. The molecule has 2 heterocycles. The molecule has 2 aromatic rings. The van der Waals surface area contributed by atoms with E-state index in [1.54, 1.807) is 9.25 Å². The Morgan fingerprint density at radius 2 is 2.16 bits per heavy atom. The van der Waals surface area contributed by atoms with E-state index in [2.05, 4.69) is 29.2 Å². The Labute approximate surface area is 111 Å². The molecule has 0 aliphatic heterocycles. The SMILES string of the molecule is Cc1nn(C)c2c1nc(N)n2CC(=O)NCC(C)C. The van der Waals surface area contributed by atoms with Crippen LogP contribution >= 0.6 is 0 Å². The van der Waals surface area contributed by atoms with Gasteiger partial charge in [-0.05, 0) is 12.8 Å². The Kier molecular flexibility index (Phi) is 3.46. The predicted molar refractivity (Wildman–Crippen MR) is 73.5 cm³/mol. The van der Waals surface area contributed by atoms with Gasteiger partial charge >= 0.3 is 0 Å². The molecule has 2 aromatic heterocycles. The Morgan fingerprint density at radius 3 is 2.79 bits per heavy atom. The second-order valence-corrected chi connectivity index (χ2v) is 5.14. The molecule has 1 amide bonds. The third-order valence-corrected chi connectivity index (χ3v) is 2.93. The minimum Gasteiger partial charge on any atom is -0.369 e. The summed E-state index contributed by atoms with van der Waals surface area (Å²) in [4.78, 5) is 16.1. The van der Waals surface area contributed by atoms with Crippen LogP contribution in [0.25, 0.3) is 11.2 Å². The number of carbonyl (C=O) groups is 1. The molecule has 0 unspecified atom stereocenters. The van der Waals surface area contributed by atoms with Gasteiger partial charge in [0, 0.05) is 13.6 Å². The average Bonchev–Trinajstić information content (AvgIpc) is 2.77. The molecule has 0 saturated carbocycles. The van der Waals surface area contributed by atoms with Crippen molar-refractivity contribution in [3.63, 3.8) is 0 Å². The van der Waals surface area contributed by atoms with E-state index >= 15 is 0 Å². The van der Waals surface area contributed by atoms with E-state index < -0.39 is 0 Å². The van der Waals surface area contributed by atoms with Gasteiger partial charge in [-0.1, -0.05) is 13.8 Å². The van der Waals surface area contributed by atoms with Crippen molar-refractivity contribution in [1.82, 2.24) is 24.6 Å². The molecule has 2 rings (SSSR count). The van der Waals surface area contributed by atoms with Gasteiger partial charge in [0.1, 0.15) is 12.1 Å². The van der Waals surface area contributed by atoms with Crippen molar-refractivity contribution in [1.29, 1.82) is 0 Å². The molecule has 0 radical (unpaired) electrons. The second-order valence-electron chi connectivity index (χ2n) is 5.14. The van der Waals surface area contributed by atoms with Gasteiger partial charge in [0.15, 0.2) is 5.65 Å². The van der Waals surface area contributed by atoms with Crippen molar-refractivity contribution in [2.24, 2.45) is 13.0 Å². The van der Waals surface area contributed by atoms with Crippen molar-refractivity contribution in [3.05, 3.63) is 5.69 Å². The van der Waals surface area contributed by atoms with Crippen LogP contribution in [0.3, 0.4) is 0 Å². The maximum atomic E-state index is 11.9. The van der Waals surface area contributed by atoms with Crippen molar-refractivity contribution in [2.75, 3.05) is 12.3 Å². The van der Waals surface area contributed by atoms with E-state index in [1.165, 1.54) is 0 Å². The molecule has 0 fully saturated rings. The molecule has 7 nitrogen and oxygen atoms in total. The molecular weight excluding hydrogens is 244 g/mol. The highest BCUT2D eigenvalue weighted by Gasteiger charge is 2.17. The third kappa shape index (κ3) is 2.54. The maximum absolute atomic E-state index is 11.9. The number of carbonyl (C=O) groups excluding carboxylic acids is 1. The molecule has 0 aromatic carbocycles. The number of hydrogen-bond acceptors (Lipinski definition) is 4. The van der Waals surface area contributed by atoms with Crippen LogP contribution in [0, 0.1) is 12.8 Å². The van der Waals surface area contributed by atoms with Gasteiger partial charge in [0.05, 0.1) is 5.69 Å². The number of hydrogen-bond donors (Lipinski definition) is 2. The highest BCUT2D eigenvalue weighted by atomic mass is 16.1. The number of nitrogens with zero attached hydrogens (tertiary/aromatic N) is 4. The Morgan fingerprint density at radius 1 is 1.47 bits per heavy atom. The van der Waals surface area contributed by atoms with Crippen LogP contribution in [-0.4, -0.2) is 31.8 Å². The largest absolute Gasteiger partial charge is 0.369 e. The number of fused-ring (bicyclic) bond motifs is 1. The lowest BCUT2D eigenvalue weighted by molar-refractivity contribution is -0.121. The fourth-order valence-electron chi connectivity index (χ4n) is 2.02. The molecule has 7 heteroatoms. The number of aryl methyl sites for hydroxylation is 2. The standard InChI is InChI=1S/C12H20N6O/c1-7(2)5-14-9(19)6-18-11-10(15-12(18)13)8(3)16-17(11)4/h7H,5-6H2,1-4H3,(H2,13,15)(H,14,19). The van der Waals surface area contributed by atoms with Crippen molar-refractivity contribution >= 4 is 23.0 Å². The van der Waals surface area contributed by atoms with Gasteiger partial charge in [-0.2, -0.15) is 5.10 Å². The topological polar surface area (TPSA) is 90.8 Å². The Bertz CT molecular complexity index is 609. The number of nitrogens with one attached hydrogen (secondary N) is 1. The molecule has 0 aliphatic carbocycles. The molecule has 0 saturated heterocycles. The molecule has 19 heavy (non-hydrogen) atoms. The van der Waals surface area contributed by atoms with Gasteiger partial charge in [0.2, 0.25) is 11.9 Å². The summed E-state index contributed by atoms with van der Waals surface area (Å²) in [7, 11) is 1.82. The minimum atomic E-state index is -0.0708. The summed E-state index contributed by atoms with van der Waals surface area (Å²) in [5.74, 6) is 0.687. The minimum absolute atomic E-state index is 0.0708. The van der Waals surface area contributed by atoms with Gasteiger partial charge < -0.3 is 11.1 Å². The number of anilines is 1. The zero-order chi connectivity index (χ0) is 14.2. The zero-order valence-electron chi connectivity index (χ0n) is 11.8. The van der Waals surface area contributed by atoms with E-state index in [9.17, 15) is 4.79 Å². The summed E-state index contributed by atoms with van der Waals surface area (Å²) in [6, 6.07) is 0. The van der Waals surface area contributed by atoms with Crippen molar-refractivity contribution < 1.29 is 4.79 Å². The summed E-state index contributed by atoms with van der Waals surface area (Å²) in [6.45, 7) is 6.79. The number of nitrogens with two attached hydrogens (primary N) is 1. The second kappa shape index (κ2) is 4.91. The van der Waals surface area contributed by atoms with E-state index in [1.807, 2.05) is 14.0 Å². The first-order chi connectivity index (χ1) is 8.90. The van der Waals surface area contributed by atoms with Gasteiger partial charge in [-0.25, -0.2) is 4.98 Å². The fraction of sp³-hybridized carbons (Fsp3) is 0.583. The summed E-state index contributed by atoms with van der Waals surface area (Å²) in [6.07, 6.45) is 0. The molecule has 0 spiro atoms. The summed E-state index contributed by atoms with van der Waals surface area (Å²) < 4.78 is 3.38. The number of nitrogen functional groups attached to an aromatic ring is 1. The molecule has 104 valence electrons. The van der Waals surface area contributed by atoms with Crippen LogP contribution in [0.15, 0.2) is 0 Å². The smallest absolute Gasteiger partial charge is 0.240 e. The van der Waals surface area contributed by atoms with Crippen LogP contribution < -0.4 is 11.1 Å². The molecular formula is C12H20N6O. The highest BCUT2D eigenvalue weighted by molar-refractivity contribution is 5.82. The van der Waals surface area contributed by atoms with Crippen LogP contribution in [-0.2, 0) is 18.4 Å². The lowest BCUT2D eigenvalue weighted by atomic mass is 10.2. The first kappa shape index (κ1) is 13.4. The number of aromatic nitrogens is 4. The average molecular weight is 264 g/mol. The molecule has 0 atom stereocenters. The van der Waals surface area contributed by atoms with E-state index in [-0.39, 0.29) is 12.5 Å². The fourth-order valence-corrected chi connectivity index (χ4v) is 2.02. The van der Waals surface area contributed by atoms with Crippen LogP contribution in [0.1, 0.15) is 19.5 Å². The summed E-state index contributed by atoms with van der Waals surface area (Å²) >= 11 is 0. The van der Waals surface area contributed by atoms with Gasteiger partial charge in [0.25, 0.3) is 0 Å². The zero-order valence-corrected chi connectivity index (χ0v) is 11.8. The third-order valence-electron chi connectivity index (χ3n) is 2.93. The number of rotatable bonds is 4. The lowest BCUT2D eigenvalue weighted by Gasteiger charge is -2.09. The Balaban J connectivity index is 2.25. The van der Waals surface area contributed by atoms with E-state index in [0.717, 1.165) is 16.9 Å². The molecule has 0 aliphatic rings. The number of imidazole rings is 1. The van der Waals surface area contributed by atoms with Crippen LogP contribution in [0.4, 0.5) is 5.95 Å². The van der Waals surface area contributed by atoms with Crippen LogP contribution in [0.2, 0.25) is 0 Å². The van der Waals surface area contributed by atoms with Crippen LogP contribution in [0.5, 0.6) is 0 Å². The normalized spacial score (nSPS) is 11.4. The maximum Gasteiger partial charge on any atom is 0.240 e. The van der Waals surface area contributed by atoms with Crippen molar-refractivity contribution in [2.45, 2.75) is 27.3 Å². The summed E-state index contributed by atoms with van der Waals surface area (Å²) in [5.41, 5.74) is 8.20. The Hall–Kier alpha value is -2.05. The molecule has 3 N–H and O–H groups in total. The first-order valence-electron chi connectivity index (χ1n) is 6.32. The predicted octanol–water partition coefficient (Wildman–Crippen LogP) is 0.433. The monoisotopic (exact) mass is 264 g/mol. The van der Waals surface area contributed by atoms with Gasteiger partial charge in [-0.3, -0.25) is 14.0 Å². The molecule has 0 bridgehead atoms. The first-order valence-corrected chi connectivity index (χ1v) is 6.32.